The van der Waals surface area contributed by atoms with Crippen molar-refractivity contribution in [1.29, 1.82) is 5.26 Å². The second kappa shape index (κ2) is 7.52. The summed E-state index contributed by atoms with van der Waals surface area (Å²) in [4.78, 5) is 5.47. The second-order valence-corrected chi connectivity index (χ2v) is 6.09. The predicted octanol–water partition coefficient (Wildman–Crippen LogP) is 3.39. The molecule has 5 heteroatoms. The number of H-pyrrole nitrogens is 1. The Kier molecular flexibility index (Phi) is 5.19. The first kappa shape index (κ1) is 16.6. The average Bonchev–Trinajstić information content (AvgIpc) is 3.17. The molecular formula is C19H23N3O2. The lowest BCUT2D eigenvalue weighted by atomic mass is 9.95. The number of aromatic nitrogens is 1. The molecule has 126 valence electrons. The van der Waals surface area contributed by atoms with Gasteiger partial charge in [0.2, 0.25) is 0 Å². The highest BCUT2D eigenvalue weighted by atomic mass is 16.7. The van der Waals surface area contributed by atoms with Crippen molar-refractivity contribution in [3.8, 4) is 17.3 Å². The summed E-state index contributed by atoms with van der Waals surface area (Å²) in [6.45, 7) is 1.81. The van der Waals surface area contributed by atoms with Crippen molar-refractivity contribution in [3.63, 3.8) is 0 Å². The number of nitrogens with one attached hydrogen (secondary N) is 1. The minimum absolute atomic E-state index is 0.141. The van der Waals surface area contributed by atoms with Crippen molar-refractivity contribution in [2.45, 2.75) is 19.1 Å². The molecule has 0 saturated carbocycles. The highest BCUT2D eigenvalue weighted by molar-refractivity contribution is 5.69. The van der Waals surface area contributed by atoms with E-state index in [1.54, 1.807) is 14.2 Å². The third-order valence-electron chi connectivity index (χ3n) is 4.76. The molecule has 0 unspecified atom stereocenters. The van der Waals surface area contributed by atoms with Crippen LogP contribution in [0.3, 0.4) is 0 Å². The Morgan fingerprint density at radius 2 is 1.96 bits per heavy atom. The van der Waals surface area contributed by atoms with Gasteiger partial charge in [-0.25, -0.2) is 0 Å². The van der Waals surface area contributed by atoms with E-state index in [2.05, 4.69) is 28.1 Å². The SMILES string of the molecule is COC(OC)C1CCN(c2ccc(-c3ccc[nH]3)cc2C#N)CC1. The Bertz CT molecular complexity index is 694. The van der Waals surface area contributed by atoms with Crippen LogP contribution in [-0.2, 0) is 9.47 Å². The number of nitriles is 1. The van der Waals surface area contributed by atoms with Crippen LogP contribution in [-0.4, -0.2) is 38.6 Å². The van der Waals surface area contributed by atoms with E-state index < -0.39 is 0 Å². The first-order valence-electron chi connectivity index (χ1n) is 8.25. The van der Waals surface area contributed by atoms with E-state index in [4.69, 9.17) is 9.47 Å². The molecule has 1 N–H and O–H groups in total. The van der Waals surface area contributed by atoms with Crippen molar-refractivity contribution in [3.05, 3.63) is 42.1 Å². The smallest absolute Gasteiger partial charge is 0.159 e. The fourth-order valence-electron chi connectivity index (χ4n) is 3.47. The van der Waals surface area contributed by atoms with Gasteiger partial charge in [-0.3, -0.25) is 0 Å². The van der Waals surface area contributed by atoms with E-state index >= 15 is 0 Å². The fraction of sp³-hybridized carbons (Fsp3) is 0.421. The Balaban J connectivity index is 1.75. The van der Waals surface area contributed by atoms with Crippen molar-refractivity contribution in [1.82, 2.24) is 4.98 Å². The molecule has 5 nitrogen and oxygen atoms in total. The molecule has 0 radical (unpaired) electrons. The second-order valence-electron chi connectivity index (χ2n) is 6.09. The highest BCUT2D eigenvalue weighted by Crippen LogP contribution is 2.31. The molecule has 1 saturated heterocycles. The first-order chi connectivity index (χ1) is 11.8. The van der Waals surface area contributed by atoms with E-state index in [-0.39, 0.29) is 6.29 Å². The summed E-state index contributed by atoms with van der Waals surface area (Å²) >= 11 is 0. The maximum absolute atomic E-state index is 9.56. The van der Waals surface area contributed by atoms with E-state index in [1.165, 1.54) is 0 Å². The molecular weight excluding hydrogens is 302 g/mol. The molecule has 1 aromatic heterocycles. The van der Waals surface area contributed by atoms with Gasteiger partial charge in [0.1, 0.15) is 6.07 Å². The van der Waals surface area contributed by atoms with Crippen LogP contribution < -0.4 is 4.90 Å². The van der Waals surface area contributed by atoms with Crippen LogP contribution in [0, 0.1) is 17.2 Å². The van der Waals surface area contributed by atoms with Crippen LogP contribution in [0.1, 0.15) is 18.4 Å². The first-order valence-corrected chi connectivity index (χ1v) is 8.25. The molecule has 1 aliphatic heterocycles. The third-order valence-corrected chi connectivity index (χ3v) is 4.76. The van der Waals surface area contributed by atoms with Gasteiger partial charge in [-0.1, -0.05) is 6.07 Å². The highest BCUT2D eigenvalue weighted by Gasteiger charge is 2.27. The van der Waals surface area contributed by atoms with Gasteiger partial charge in [0.25, 0.3) is 0 Å². The van der Waals surface area contributed by atoms with Gasteiger partial charge >= 0.3 is 0 Å². The Hall–Kier alpha value is -2.29. The molecule has 0 aliphatic carbocycles. The largest absolute Gasteiger partial charge is 0.370 e. The number of methoxy groups -OCH3 is 2. The zero-order valence-electron chi connectivity index (χ0n) is 14.2. The summed E-state index contributed by atoms with van der Waals surface area (Å²) in [5, 5.41) is 9.56. The number of benzene rings is 1. The zero-order chi connectivity index (χ0) is 16.9. The number of ether oxygens (including phenoxy) is 2. The Labute approximate surface area is 142 Å². The average molecular weight is 325 g/mol. The van der Waals surface area contributed by atoms with Crippen molar-refractivity contribution >= 4 is 5.69 Å². The van der Waals surface area contributed by atoms with Gasteiger partial charge in [-0.2, -0.15) is 5.26 Å². The predicted molar refractivity (Wildman–Crippen MR) is 93.7 cm³/mol. The van der Waals surface area contributed by atoms with E-state index in [9.17, 15) is 5.26 Å². The van der Waals surface area contributed by atoms with Gasteiger partial charge in [0, 0.05) is 45.1 Å². The number of rotatable bonds is 5. The number of hydrogen-bond donors (Lipinski definition) is 1. The summed E-state index contributed by atoms with van der Waals surface area (Å²) in [7, 11) is 3.38. The summed E-state index contributed by atoms with van der Waals surface area (Å²) in [5.41, 5.74) is 3.79. The number of aromatic amines is 1. The lowest BCUT2D eigenvalue weighted by Crippen LogP contribution is -2.39. The maximum Gasteiger partial charge on any atom is 0.159 e. The van der Waals surface area contributed by atoms with E-state index in [0.29, 0.717) is 5.92 Å². The molecule has 1 aliphatic rings. The van der Waals surface area contributed by atoms with Crippen LogP contribution in [0.25, 0.3) is 11.3 Å². The topological polar surface area (TPSA) is 61.3 Å². The lowest BCUT2D eigenvalue weighted by Gasteiger charge is -2.36. The van der Waals surface area contributed by atoms with Crippen molar-refractivity contribution in [2.75, 3.05) is 32.2 Å². The number of anilines is 1. The minimum Gasteiger partial charge on any atom is -0.370 e. The molecule has 0 atom stereocenters. The number of piperidine rings is 1. The van der Waals surface area contributed by atoms with Crippen LogP contribution in [0.2, 0.25) is 0 Å². The maximum atomic E-state index is 9.56. The normalized spacial score (nSPS) is 15.7. The molecule has 1 aromatic carbocycles. The van der Waals surface area contributed by atoms with Crippen LogP contribution in [0.4, 0.5) is 5.69 Å². The lowest BCUT2D eigenvalue weighted by molar-refractivity contribution is -0.141. The summed E-state index contributed by atoms with van der Waals surface area (Å²) in [6, 6.07) is 12.4. The van der Waals surface area contributed by atoms with E-state index in [1.807, 2.05) is 24.4 Å². The molecule has 0 bridgehead atoms. The molecule has 0 amide bonds. The van der Waals surface area contributed by atoms with E-state index in [0.717, 1.165) is 48.4 Å². The minimum atomic E-state index is -0.141. The van der Waals surface area contributed by atoms with Gasteiger partial charge in [-0.05, 0) is 42.7 Å². The third kappa shape index (κ3) is 3.30. The van der Waals surface area contributed by atoms with Gasteiger partial charge in [0.15, 0.2) is 6.29 Å². The molecule has 2 heterocycles. The van der Waals surface area contributed by atoms with Crippen LogP contribution >= 0.6 is 0 Å². The Morgan fingerprint density at radius 3 is 2.54 bits per heavy atom. The Morgan fingerprint density at radius 1 is 1.21 bits per heavy atom. The number of hydrogen-bond acceptors (Lipinski definition) is 4. The summed E-state index contributed by atoms with van der Waals surface area (Å²) < 4.78 is 10.8. The summed E-state index contributed by atoms with van der Waals surface area (Å²) in [6.07, 6.45) is 3.74. The zero-order valence-corrected chi connectivity index (χ0v) is 14.2. The van der Waals surface area contributed by atoms with Gasteiger partial charge in [0.05, 0.1) is 11.3 Å². The quantitative estimate of drug-likeness (QED) is 0.856. The molecule has 2 aromatic rings. The molecule has 0 spiro atoms. The van der Waals surface area contributed by atoms with Gasteiger partial charge in [-0.15, -0.1) is 0 Å². The standard InChI is InChI=1S/C19H23N3O2/c1-23-19(24-2)14-7-10-22(11-8-14)18-6-5-15(12-16(18)13-20)17-4-3-9-21-17/h3-6,9,12,14,19,21H,7-8,10-11H2,1-2H3. The number of nitrogens with zero attached hydrogens (tertiary/aromatic N) is 2. The van der Waals surface area contributed by atoms with Crippen LogP contribution in [0.15, 0.2) is 36.5 Å². The molecule has 3 rings (SSSR count). The molecule has 1 fully saturated rings. The van der Waals surface area contributed by atoms with Gasteiger partial charge < -0.3 is 19.4 Å². The van der Waals surface area contributed by atoms with Crippen molar-refractivity contribution in [2.24, 2.45) is 5.92 Å². The van der Waals surface area contributed by atoms with Crippen molar-refractivity contribution < 1.29 is 9.47 Å². The monoisotopic (exact) mass is 325 g/mol. The molecule has 24 heavy (non-hydrogen) atoms. The van der Waals surface area contributed by atoms with Crippen LogP contribution in [0.5, 0.6) is 0 Å². The summed E-state index contributed by atoms with van der Waals surface area (Å²) in [5.74, 6) is 0.403. The fourth-order valence-corrected chi connectivity index (χ4v) is 3.47.